The first-order valence-corrected chi connectivity index (χ1v) is 7.51. The summed E-state index contributed by atoms with van der Waals surface area (Å²) in [5, 5.41) is 3.28. The summed E-state index contributed by atoms with van der Waals surface area (Å²) < 4.78 is 13.0. The van der Waals surface area contributed by atoms with Crippen molar-refractivity contribution in [2.45, 2.75) is 19.9 Å². The highest BCUT2D eigenvalue weighted by molar-refractivity contribution is 6.41. The Kier molecular flexibility index (Phi) is 5.37. The van der Waals surface area contributed by atoms with Crippen LogP contribution in [0.1, 0.15) is 35.8 Å². The Morgan fingerprint density at radius 2 is 1.86 bits per heavy atom. The molecule has 1 atom stereocenters. The molecule has 0 fully saturated rings. The van der Waals surface area contributed by atoms with E-state index in [1.165, 1.54) is 24.4 Å². The highest BCUT2D eigenvalue weighted by Crippen LogP contribution is 2.24. The van der Waals surface area contributed by atoms with Gasteiger partial charge in [0.1, 0.15) is 11.0 Å². The summed E-state index contributed by atoms with van der Waals surface area (Å²) >= 11 is 11.6. The minimum Gasteiger partial charge on any atom is -0.345 e. The molecule has 22 heavy (non-hydrogen) atoms. The SMILES string of the molecule is CC(C)[C@@H](NC(=O)c1cnc(Cl)c(Cl)c1)c1ccc(F)cc1. The summed E-state index contributed by atoms with van der Waals surface area (Å²) in [4.78, 5) is 16.2. The van der Waals surface area contributed by atoms with Gasteiger partial charge in [0.2, 0.25) is 0 Å². The minimum atomic E-state index is -0.314. The number of benzene rings is 1. The molecule has 1 amide bonds. The average Bonchev–Trinajstić information content (AvgIpc) is 2.48. The van der Waals surface area contributed by atoms with Crippen LogP contribution in [0.4, 0.5) is 4.39 Å². The maximum Gasteiger partial charge on any atom is 0.253 e. The maximum absolute atomic E-state index is 13.0. The number of carbonyl (C=O) groups is 1. The van der Waals surface area contributed by atoms with Crippen molar-refractivity contribution in [1.82, 2.24) is 10.3 Å². The second-order valence-corrected chi connectivity index (χ2v) is 6.01. The molecule has 1 heterocycles. The van der Waals surface area contributed by atoms with Crippen LogP contribution < -0.4 is 5.32 Å². The topological polar surface area (TPSA) is 42.0 Å². The van der Waals surface area contributed by atoms with Crippen molar-refractivity contribution in [2.24, 2.45) is 5.92 Å². The number of nitrogens with zero attached hydrogens (tertiary/aromatic N) is 1. The van der Waals surface area contributed by atoms with E-state index in [-0.39, 0.29) is 33.9 Å². The van der Waals surface area contributed by atoms with Gasteiger partial charge in [0.15, 0.2) is 0 Å². The molecule has 0 saturated carbocycles. The first-order valence-electron chi connectivity index (χ1n) is 6.76. The lowest BCUT2D eigenvalue weighted by molar-refractivity contribution is 0.0925. The molecule has 0 aliphatic rings. The molecule has 2 aromatic rings. The lowest BCUT2D eigenvalue weighted by Crippen LogP contribution is -2.31. The molecule has 0 saturated heterocycles. The van der Waals surface area contributed by atoms with E-state index >= 15 is 0 Å². The van der Waals surface area contributed by atoms with E-state index in [9.17, 15) is 9.18 Å². The number of halogens is 3. The molecule has 2 rings (SSSR count). The van der Waals surface area contributed by atoms with Gasteiger partial charge in [0, 0.05) is 6.20 Å². The van der Waals surface area contributed by atoms with Crippen molar-refractivity contribution in [3.05, 3.63) is 63.6 Å². The number of hydrogen-bond donors (Lipinski definition) is 1. The Labute approximate surface area is 138 Å². The monoisotopic (exact) mass is 340 g/mol. The van der Waals surface area contributed by atoms with Gasteiger partial charge in [-0.2, -0.15) is 0 Å². The minimum absolute atomic E-state index is 0.130. The van der Waals surface area contributed by atoms with Gasteiger partial charge in [-0.3, -0.25) is 4.79 Å². The number of pyridine rings is 1. The summed E-state index contributed by atoms with van der Waals surface area (Å²) in [7, 11) is 0. The first kappa shape index (κ1) is 16.7. The van der Waals surface area contributed by atoms with Crippen LogP contribution in [0.3, 0.4) is 0 Å². The van der Waals surface area contributed by atoms with E-state index in [4.69, 9.17) is 23.2 Å². The largest absolute Gasteiger partial charge is 0.345 e. The Balaban J connectivity index is 2.22. The van der Waals surface area contributed by atoms with Crippen molar-refractivity contribution in [3.63, 3.8) is 0 Å². The standard InChI is InChI=1S/C16H15Cl2FN2O/c1-9(2)14(10-3-5-12(19)6-4-10)21-16(22)11-7-13(17)15(18)20-8-11/h3-9,14H,1-2H3,(H,21,22)/t14-/m1/s1. The lowest BCUT2D eigenvalue weighted by atomic mass is 9.95. The summed E-state index contributed by atoms with van der Waals surface area (Å²) in [6.45, 7) is 3.95. The zero-order valence-electron chi connectivity index (χ0n) is 12.1. The van der Waals surface area contributed by atoms with Gasteiger partial charge in [-0.1, -0.05) is 49.2 Å². The Morgan fingerprint density at radius 3 is 2.41 bits per heavy atom. The number of nitrogens with one attached hydrogen (secondary N) is 1. The van der Waals surface area contributed by atoms with Crippen molar-refractivity contribution >= 4 is 29.1 Å². The normalized spacial score (nSPS) is 12.3. The second-order valence-electron chi connectivity index (χ2n) is 5.24. The van der Waals surface area contributed by atoms with Crippen molar-refractivity contribution in [1.29, 1.82) is 0 Å². The lowest BCUT2D eigenvalue weighted by Gasteiger charge is -2.23. The van der Waals surface area contributed by atoms with Crippen LogP contribution in [-0.4, -0.2) is 10.9 Å². The summed E-state index contributed by atoms with van der Waals surface area (Å²) in [5.74, 6) is -0.495. The highest BCUT2D eigenvalue weighted by Gasteiger charge is 2.20. The van der Waals surface area contributed by atoms with Crippen LogP contribution >= 0.6 is 23.2 Å². The van der Waals surface area contributed by atoms with E-state index in [2.05, 4.69) is 10.3 Å². The molecule has 1 N–H and O–H groups in total. The Morgan fingerprint density at radius 1 is 1.23 bits per heavy atom. The number of hydrogen-bond acceptors (Lipinski definition) is 2. The zero-order valence-corrected chi connectivity index (χ0v) is 13.6. The van der Waals surface area contributed by atoms with Gasteiger partial charge in [-0.15, -0.1) is 0 Å². The third-order valence-corrected chi connectivity index (χ3v) is 3.93. The van der Waals surface area contributed by atoms with Gasteiger partial charge in [-0.05, 0) is 29.7 Å². The van der Waals surface area contributed by atoms with Crippen LogP contribution in [0.2, 0.25) is 10.2 Å². The third-order valence-electron chi connectivity index (χ3n) is 3.24. The van der Waals surface area contributed by atoms with Crippen LogP contribution in [0, 0.1) is 11.7 Å². The molecule has 0 spiro atoms. The van der Waals surface area contributed by atoms with E-state index in [1.807, 2.05) is 13.8 Å². The molecule has 0 radical (unpaired) electrons. The smallest absolute Gasteiger partial charge is 0.253 e. The van der Waals surface area contributed by atoms with E-state index in [1.54, 1.807) is 12.1 Å². The fourth-order valence-electron chi connectivity index (χ4n) is 2.07. The average molecular weight is 341 g/mol. The highest BCUT2D eigenvalue weighted by atomic mass is 35.5. The predicted octanol–water partition coefficient (Wildman–Crippen LogP) is 4.65. The van der Waals surface area contributed by atoms with Crippen LogP contribution in [0.5, 0.6) is 0 Å². The summed E-state index contributed by atoms with van der Waals surface area (Å²) in [5.41, 5.74) is 1.15. The van der Waals surface area contributed by atoms with Crippen molar-refractivity contribution in [3.8, 4) is 0 Å². The van der Waals surface area contributed by atoms with Gasteiger partial charge in [-0.25, -0.2) is 9.37 Å². The number of amides is 1. The van der Waals surface area contributed by atoms with E-state index in [0.29, 0.717) is 5.56 Å². The molecule has 1 aromatic carbocycles. The molecule has 0 aliphatic carbocycles. The fourth-order valence-corrected chi connectivity index (χ4v) is 2.34. The predicted molar refractivity (Wildman–Crippen MR) is 85.7 cm³/mol. The van der Waals surface area contributed by atoms with Gasteiger partial charge >= 0.3 is 0 Å². The number of aromatic nitrogens is 1. The van der Waals surface area contributed by atoms with Gasteiger partial charge in [0.25, 0.3) is 5.91 Å². The third kappa shape index (κ3) is 3.96. The van der Waals surface area contributed by atoms with Crippen LogP contribution in [0.25, 0.3) is 0 Å². The number of rotatable bonds is 4. The van der Waals surface area contributed by atoms with Crippen LogP contribution in [-0.2, 0) is 0 Å². The zero-order chi connectivity index (χ0) is 16.3. The molecular weight excluding hydrogens is 326 g/mol. The molecule has 0 unspecified atom stereocenters. The molecule has 1 aromatic heterocycles. The Bertz CT molecular complexity index is 674. The summed E-state index contributed by atoms with van der Waals surface area (Å²) in [6.07, 6.45) is 1.37. The first-order chi connectivity index (χ1) is 10.4. The quantitative estimate of drug-likeness (QED) is 0.822. The van der Waals surface area contributed by atoms with E-state index < -0.39 is 0 Å². The molecule has 0 bridgehead atoms. The molecule has 3 nitrogen and oxygen atoms in total. The van der Waals surface area contributed by atoms with Crippen molar-refractivity contribution in [2.75, 3.05) is 0 Å². The van der Waals surface area contributed by atoms with E-state index in [0.717, 1.165) is 5.56 Å². The van der Waals surface area contributed by atoms with Crippen LogP contribution in [0.15, 0.2) is 36.5 Å². The number of carbonyl (C=O) groups excluding carboxylic acids is 1. The maximum atomic E-state index is 13.0. The molecule has 6 heteroatoms. The molecular formula is C16H15Cl2FN2O. The fraction of sp³-hybridized carbons (Fsp3) is 0.250. The van der Waals surface area contributed by atoms with Gasteiger partial charge < -0.3 is 5.32 Å². The molecule has 0 aliphatic heterocycles. The van der Waals surface area contributed by atoms with Gasteiger partial charge in [0.05, 0.1) is 16.6 Å². The summed E-state index contributed by atoms with van der Waals surface area (Å²) in [6, 6.07) is 7.28. The van der Waals surface area contributed by atoms with Crippen molar-refractivity contribution < 1.29 is 9.18 Å². The Hall–Kier alpha value is -1.65. The second kappa shape index (κ2) is 7.07. The molecule has 116 valence electrons.